The van der Waals surface area contributed by atoms with Crippen LogP contribution in [0.4, 0.5) is 8.78 Å². The lowest BCUT2D eigenvalue weighted by Crippen LogP contribution is -2.35. The second-order valence-electron chi connectivity index (χ2n) is 12.6. The van der Waals surface area contributed by atoms with E-state index in [4.69, 9.17) is 14.1 Å². The van der Waals surface area contributed by atoms with E-state index in [0.29, 0.717) is 35.5 Å². The smallest absolute Gasteiger partial charge is 0.387 e. The Kier molecular flexibility index (Phi) is 8.89. The Morgan fingerprint density at radius 2 is 1.60 bits per heavy atom. The highest BCUT2D eigenvalue weighted by molar-refractivity contribution is 5.84. The molecule has 0 radical (unpaired) electrons. The molecule has 5 aromatic rings. The minimum absolute atomic E-state index is 0.0535. The first kappa shape index (κ1) is 31.8. The van der Waals surface area contributed by atoms with Crippen LogP contribution in [0.1, 0.15) is 48.2 Å². The van der Waals surface area contributed by atoms with Crippen molar-refractivity contribution in [1.82, 2.24) is 24.8 Å². The van der Waals surface area contributed by atoms with Crippen molar-refractivity contribution in [1.29, 1.82) is 0 Å². The predicted octanol–water partition coefficient (Wildman–Crippen LogP) is 7.48. The van der Waals surface area contributed by atoms with E-state index in [1.807, 2.05) is 37.5 Å². The quantitative estimate of drug-likeness (QED) is 0.164. The summed E-state index contributed by atoms with van der Waals surface area (Å²) in [5.41, 5.74) is 8.09. The Bertz CT molecular complexity index is 1960. The lowest BCUT2D eigenvalue weighted by molar-refractivity contribution is -0.142. The summed E-state index contributed by atoms with van der Waals surface area (Å²) in [5.74, 6) is 0.202. The Morgan fingerprint density at radius 3 is 2.29 bits per heavy atom. The molecule has 7 rings (SSSR count). The van der Waals surface area contributed by atoms with E-state index in [0.717, 1.165) is 70.8 Å². The number of hydrogen-bond donors (Lipinski definition) is 1. The normalized spacial score (nSPS) is 17.1. The number of rotatable bonds is 10. The topological polar surface area (TPSA) is 105 Å². The minimum Gasteiger partial charge on any atom is -0.480 e. The van der Waals surface area contributed by atoms with E-state index in [2.05, 4.69) is 40.0 Å². The van der Waals surface area contributed by atoms with Crippen molar-refractivity contribution < 1.29 is 27.8 Å². The fraction of sp³-hybridized carbons (Fsp3) is 0.351. The Balaban J connectivity index is 1.20. The third-order valence-corrected chi connectivity index (χ3v) is 9.58. The monoisotopic (exact) mass is 653 g/mol. The standard InChI is InChI=1S/C37H37F2N5O4/c1-22-26(25-18-40-34(41-19-25)21-43-13-3-4-14-43)8-5-9-27(22)28-10-6-11-29(23(28)2)35-42-30-16-24(20-44-15-7-12-31(44)36(45)46)32(48-37(38)39)17-33(30)47-35/h5-6,8-11,16-19,31,37H,3-4,7,12-15,20-21H2,1-2H3,(H,45,46)/t31-/m0/s1. The maximum Gasteiger partial charge on any atom is 0.387 e. The summed E-state index contributed by atoms with van der Waals surface area (Å²) < 4.78 is 37.9. The van der Waals surface area contributed by atoms with Crippen molar-refractivity contribution in [3.63, 3.8) is 0 Å². The Morgan fingerprint density at radius 1 is 0.938 bits per heavy atom. The fourth-order valence-electron chi connectivity index (χ4n) is 7.07. The summed E-state index contributed by atoms with van der Waals surface area (Å²) in [6.07, 6.45) is 7.48. The van der Waals surface area contributed by atoms with Crippen molar-refractivity contribution in [2.24, 2.45) is 0 Å². The van der Waals surface area contributed by atoms with E-state index >= 15 is 0 Å². The highest BCUT2D eigenvalue weighted by atomic mass is 19.3. The summed E-state index contributed by atoms with van der Waals surface area (Å²) in [6, 6.07) is 14.5. The second kappa shape index (κ2) is 13.4. The SMILES string of the molecule is Cc1c(-c2cnc(CN3CCCC3)nc2)cccc1-c1cccc(-c2nc3cc(CN4CCC[C@H]4C(=O)O)c(OC(F)F)cc3o2)c1C. The molecule has 248 valence electrons. The third-order valence-electron chi connectivity index (χ3n) is 9.58. The van der Waals surface area contributed by atoms with Crippen LogP contribution in [0.3, 0.4) is 0 Å². The van der Waals surface area contributed by atoms with Crippen LogP contribution in [0.5, 0.6) is 5.75 Å². The van der Waals surface area contributed by atoms with Crippen LogP contribution in [0.25, 0.3) is 44.8 Å². The van der Waals surface area contributed by atoms with Crippen LogP contribution in [-0.4, -0.2) is 68.1 Å². The van der Waals surface area contributed by atoms with Gasteiger partial charge in [0.25, 0.3) is 0 Å². The first-order valence-electron chi connectivity index (χ1n) is 16.3. The van der Waals surface area contributed by atoms with E-state index < -0.39 is 18.6 Å². The molecule has 2 aliphatic rings. The maximum atomic E-state index is 13.4. The number of carbonyl (C=O) groups is 1. The van der Waals surface area contributed by atoms with Crippen LogP contribution in [-0.2, 0) is 17.9 Å². The zero-order chi connectivity index (χ0) is 33.4. The molecule has 3 aromatic carbocycles. The van der Waals surface area contributed by atoms with E-state index in [1.165, 1.54) is 18.9 Å². The van der Waals surface area contributed by atoms with Gasteiger partial charge in [-0.1, -0.05) is 30.3 Å². The van der Waals surface area contributed by atoms with Gasteiger partial charge in [-0.15, -0.1) is 0 Å². The van der Waals surface area contributed by atoms with Gasteiger partial charge in [-0.2, -0.15) is 8.78 Å². The van der Waals surface area contributed by atoms with Crippen LogP contribution >= 0.6 is 0 Å². The van der Waals surface area contributed by atoms with Gasteiger partial charge in [-0.25, -0.2) is 15.0 Å². The van der Waals surface area contributed by atoms with Gasteiger partial charge in [0.1, 0.15) is 23.1 Å². The zero-order valence-corrected chi connectivity index (χ0v) is 27.0. The van der Waals surface area contributed by atoms with Crippen molar-refractivity contribution in [2.45, 2.75) is 65.3 Å². The number of carboxylic acid groups (broad SMARTS) is 1. The molecule has 48 heavy (non-hydrogen) atoms. The number of nitrogens with zero attached hydrogens (tertiary/aromatic N) is 5. The van der Waals surface area contributed by atoms with Crippen molar-refractivity contribution in [3.05, 3.63) is 83.4 Å². The van der Waals surface area contributed by atoms with Crippen molar-refractivity contribution >= 4 is 17.1 Å². The Labute approximate surface area is 277 Å². The molecule has 0 bridgehead atoms. The molecule has 0 aliphatic carbocycles. The van der Waals surface area contributed by atoms with E-state index in [-0.39, 0.29) is 12.3 Å². The second-order valence-corrected chi connectivity index (χ2v) is 12.6. The summed E-state index contributed by atoms with van der Waals surface area (Å²) in [4.78, 5) is 30.0. The average Bonchev–Trinajstić information content (AvgIpc) is 3.84. The van der Waals surface area contributed by atoms with Gasteiger partial charge in [0.05, 0.1) is 6.54 Å². The van der Waals surface area contributed by atoms with Crippen molar-refractivity contribution in [3.8, 4) is 39.5 Å². The number of halogens is 2. The van der Waals surface area contributed by atoms with E-state index in [1.54, 1.807) is 11.0 Å². The van der Waals surface area contributed by atoms with Crippen LogP contribution < -0.4 is 4.74 Å². The van der Waals surface area contributed by atoms with E-state index in [9.17, 15) is 18.7 Å². The number of aromatic nitrogens is 3. The molecule has 9 nitrogen and oxygen atoms in total. The number of fused-ring (bicyclic) bond motifs is 1. The molecule has 4 heterocycles. The molecule has 0 spiro atoms. The molecule has 0 amide bonds. The molecular weight excluding hydrogens is 616 g/mol. The largest absolute Gasteiger partial charge is 0.480 e. The van der Waals surface area contributed by atoms with Gasteiger partial charge in [0.15, 0.2) is 5.58 Å². The average molecular weight is 654 g/mol. The van der Waals surface area contributed by atoms with Gasteiger partial charge in [0.2, 0.25) is 5.89 Å². The third kappa shape index (κ3) is 6.40. The zero-order valence-electron chi connectivity index (χ0n) is 27.0. The number of hydrogen-bond acceptors (Lipinski definition) is 8. The molecule has 0 saturated carbocycles. The fourth-order valence-corrected chi connectivity index (χ4v) is 7.07. The number of carboxylic acids is 1. The minimum atomic E-state index is -3.05. The Hall–Kier alpha value is -4.74. The predicted molar refractivity (Wildman–Crippen MR) is 178 cm³/mol. The highest BCUT2D eigenvalue weighted by Gasteiger charge is 2.31. The lowest BCUT2D eigenvalue weighted by atomic mass is 9.90. The van der Waals surface area contributed by atoms with Gasteiger partial charge >= 0.3 is 12.6 Å². The van der Waals surface area contributed by atoms with Gasteiger partial charge in [-0.3, -0.25) is 14.6 Å². The highest BCUT2D eigenvalue weighted by Crippen LogP contribution is 2.38. The summed E-state index contributed by atoms with van der Waals surface area (Å²) >= 11 is 0. The van der Waals surface area contributed by atoms with Gasteiger partial charge in [0, 0.05) is 41.7 Å². The van der Waals surface area contributed by atoms with Crippen LogP contribution in [0.2, 0.25) is 0 Å². The maximum absolute atomic E-state index is 13.4. The molecule has 2 aromatic heterocycles. The first-order valence-corrected chi connectivity index (χ1v) is 16.3. The first-order chi connectivity index (χ1) is 23.2. The molecule has 0 unspecified atom stereocenters. The number of benzene rings is 3. The summed E-state index contributed by atoms with van der Waals surface area (Å²) in [6.45, 7) is 4.72. The molecule has 2 aliphatic heterocycles. The van der Waals surface area contributed by atoms with Crippen molar-refractivity contribution in [2.75, 3.05) is 19.6 Å². The molecule has 2 fully saturated rings. The summed E-state index contributed by atoms with van der Waals surface area (Å²) in [5, 5.41) is 9.62. The van der Waals surface area contributed by atoms with Crippen LogP contribution in [0, 0.1) is 13.8 Å². The molecular formula is C37H37F2N5O4. The number of ether oxygens (including phenoxy) is 1. The van der Waals surface area contributed by atoms with Crippen LogP contribution in [0.15, 0.2) is 65.3 Å². The molecule has 1 atom stereocenters. The molecule has 2 saturated heterocycles. The molecule has 1 N–H and O–H groups in total. The van der Waals surface area contributed by atoms with Gasteiger partial charge < -0.3 is 14.3 Å². The summed E-state index contributed by atoms with van der Waals surface area (Å²) in [7, 11) is 0. The van der Waals surface area contributed by atoms with Gasteiger partial charge in [-0.05, 0) is 99.1 Å². The number of alkyl halides is 2. The lowest BCUT2D eigenvalue weighted by Gasteiger charge is -2.22. The number of oxazole rings is 1. The number of likely N-dealkylation sites (tertiary alicyclic amines) is 2. The molecule has 11 heteroatoms. The number of aliphatic carboxylic acids is 1.